The molecule has 0 aliphatic carbocycles. The van der Waals surface area contributed by atoms with Crippen LogP contribution in [0.5, 0.6) is 0 Å². The lowest BCUT2D eigenvalue weighted by Crippen LogP contribution is -2.38. The van der Waals surface area contributed by atoms with Crippen LogP contribution in [0.25, 0.3) is 0 Å². The summed E-state index contributed by atoms with van der Waals surface area (Å²) in [6, 6.07) is 8.16. The van der Waals surface area contributed by atoms with E-state index in [2.05, 4.69) is 50.5 Å². The van der Waals surface area contributed by atoms with Gasteiger partial charge < -0.3 is 10.6 Å². The Labute approximate surface area is 137 Å². The highest BCUT2D eigenvalue weighted by Gasteiger charge is 2.12. The molecule has 20 heavy (non-hydrogen) atoms. The highest BCUT2D eigenvalue weighted by Crippen LogP contribution is 2.23. The lowest BCUT2D eigenvalue weighted by atomic mass is 10.1. The Kier molecular flexibility index (Phi) is 6.92. The number of nitrogens with one attached hydrogen (secondary N) is 2. The number of thioether (sulfide) groups is 1. The molecule has 5 heteroatoms. The van der Waals surface area contributed by atoms with E-state index in [9.17, 15) is 0 Å². The van der Waals surface area contributed by atoms with Crippen molar-refractivity contribution >= 4 is 51.2 Å². The first kappa shape index (κ1) is 17.4. The van der Waals surface area contributed by atoms with Crippen LogP contribution < -0.4 is 10.6 Å². The molecule has 0 unspecified atom stereocenters. The predicted molar refractivity (Wildman–Crippen MR) is 98.9 cm³/mol. The van der Waals surface area contributed by atoms with E-state index in [0.717, 1.165) is 32.7 Å². The second-order valence-electron chi connectivity index (χ2n) is 5.59. The number of hydrogen-bond acceptors (Lipinski definition) is 3. The van der Waals surface area contributed by atoms with Gasteiger partial charge in [0.05, 0.1) is 4.99 Å². The summed E-state index contributed by atoms with van der Waals surface area (Å²) in [5.41, 5.74) is 1.01. The van der Waals surface area contributed by atoms with Gasteiger partial charge in [0, 0.05) is 16.1 Å². The molecule has 110 valence electrons. The zero-order valence-electron chi connectivity index (χ0n) is 12.4. The average molecular weight is 327 g/mol. The number of anilines is 1. The summed E-state index contributed by atoms with van der Waals surface area (Å²) in [5.74, 6) is 0. The van der Waals surface area contributed by atoms with Crippen molar-refractivity contribution in [3.05, 3.63) is 24.3 Å². The third-order valence-corrected chi connectivity index (χ3v) is 3.72. The lowest BCUT2D eigenvalue weighted by Gasteiger charge is -2.22. The molecule has 0 heterocycles. The van der Waals surface area contributed by atoms with E-state index in [0.29, 0.717) is 0 Å². The van der Waals surface area contributed by atoms with Crippen molar-refractivity contribution in [1.29, 1.82) is 0 Å². The minimum Gasteiger partial charge on any atom is -0.366 e. The number of benzene rings is 1. The van der Waals surface area contributed by atoms with Crippen molar-refractivity contribution in [3.63, 3.8) is 0 Å². The Morgan fingerprint density at radius 3 is 2.55 bits per heavy atom. The van der Waals surface area contributed by atoms with Gasteiger partial charge in [-0.15, -0.1) is 0 Å². The molecule has 0 saturated carbocycles. The lowest BCUT2D eigenvalue weighted by molar-refractivity contribution is 0.519. The first-order chi connectivity index (χ1) is 9.30. The molecule has 0 saturated heterocycles. The van der Waals surface area contributed by atoms with Gasteiger partial charge in [0.25, 0.3) is 0 Å². The van der Waals surface area contributed by atoms with Crippen LogP contribution in [0, 0.1) is 0 Å². The van der Waals surface area contributed by atoms with Gasteiger partial charge in [-0.2, -0.15) is 0 Å². The highest BCUT2D eigenvalue weighted by molar-refractivity contribution is 8.23. The highest BCUT2D eigenvalue weighted by atomic mass is 32.2. The standard InChI is InChI=1S/C15H22N2S3/c1-5-7-13(18)16-11-8-6-9-12(10-11)20-14(19)17-15(2,3)4/h6,8-10H,5,7H2,1-4H3,(H,16,18)(H,17,19). The summed E-state index contributed by atoms with van der Waals surface area (Å²) < 4.78 is 0.783. The fourth-order valence-corrected chi connectivity index (χ4v) is 3.35. The quantitative estimate of drug-likeness (QED) is 0.599. The molecule has 1 rings (SSSR count). The van der Waals surface area contributed by atoms with E-state index in [4.69, 9.17) is 24.4 Å². The van der Waals surface area contributed by atoms with Crippen molar-refractivity contribution in [3.8, 4) is 0 Å². The molecule has 1 aromatic carbocycles. The van der Waals surface area contributed by atoms with Crippen LogP contribution >= 0.6 is 36.2 Å². The molecule has 0 aliphatic rings. The first-order valence-electron chi connectivity index (χ1n) is 6.70. The fraction of sp³-hybridized carbons (Fsp3) is 0.467. The molecule has 0 spiro atoms. The maximum Gasteiger partial charge on any atom is 0.139 e. The molecule has 2 N–H and O–H groups in total. The Morgan fingerprint density at radius 2 is 1.95 bits per heavy atom. The smallest absolute Gasteiger partial charge is 0.139 e. The maximum absolute atomic E-state index is 5.36. The van der Waals surface area contributed by atoms with E-state index in [1.807, 2.05) is 12.1 Å². The maximum atomic E-state index is 5.36. The normalized spacial score (nSPS) is 11.0. The molecule has 0 bridgehead atoms. The van der Waals surface area contributed by atoms with E-state index in [1.165, 1.54) is 0 Å². The van der Waals surface area contributed by atoms with Crippen LogP contribution in [-0.4, -0.2) is 14.8 Å². The summed E-state index contributed by atoms with van der Waals surface area (Å²) in [6.07, 6.45) is 1.97. The minimum atomic E-state index is -0.0113. The predicted octanol–water partition coefficient (Wildman–Crippen LogP) is 4.99. The Bertz CT molecular complexity index is 478. The summed E-state index contributed by atoms with van der Waals surface area (Å²) in [5, 5.41) is 6.56. The third kappa shape index (κ3) is 7.22. The van der Waals surface area contributed by atoms with Gasteiger partial charge in [-0.25, -0.2) is 0 Å². The van der Waals surface area contributed by atoms with Crippen LogP contribution in [0.3, 0.4) is 0 Å². The van der Waals surface area contributed by atoms with Crippen LogP contribution in [0.4, 0.5) is 5.69 Å². The minimum absolute atomic E-state index is 0.0113. The van der Waals surface area contributed by atoms with Gasteiger partial charge >= 0.3 is 0 Å². The van der Waals surface area contributed by atoms with Gasteiger partial charge in [-0.1, -0.05) is 49.2 Å². The molecular formula is C15H22N2S3. The van der Waals surface area contributed by atoms with Gasteiger partial charge in [0.1, 0.15) is 4.32 Å². The second kappa shape index (κ2) is 7.96. The Balaban J connectivity index is 2.64. The summed E-state index contributed by atoms with van der Waals surface area (Å²) in [6.45, 7) is 8.42. The average Bonchev–Trinajstić information content (AvgIpc) is 2.26. The Hall–Kier alpha value is -0.650. The molecule has 2 nitrogen and oxygen atoms in total. The molecule has 0 aromatic heterocycles. The molecule has 1 aromatic rings. The molecule has 0 fully saturated rings. The van der Waals surface area contributed by atoms with Crippen LogP contribution in [-0.2, 0) is 0 Å². The summed E-state index contributed by atoms with van der Waals surface area (Å²) >= 11 is 12.2. The second-order valence-corrected chi connectivity index (χ2v) is 7.83. The van der Waals surface area contributed by atoms with Crippen molar-refractivity contribution < 1.29 is 0 Å². The van der Waals surface area contributed by atoms with Crippen molar-refractivity contribution in [2.24, 2.45) is 0 Å². The number of rotatable bonds is 4. The monoisotopic (exact) mass is 326 g/mol. The SMILES string of the molecule is CCCC(=S)Nc1cccc(SC(=S)NC(C)(C)C)c1. The zero-order valence-corrected chi connectivity index (χ0v) is 14.9. The van der Waals surface area contributed by atoms with Crippen molar-refractivity contribution in [2.75, 3.05) is 5.32 Å². The fourth-order valence-electron chi connectivity index (χ4n) is 1.53. The molecule has 0 amide bonds. The van der Waals surface area contributed by atoms with Crippen LogP contribution in [0.2, 0.25) is 0 Å². The molecular weight excluding hydrogens is 304 g/mol. The van der Waals surface area contributed by atoms with E-state index < -0.39 is 0 Å². The van der Waals surface area contributed by atoms with Crippen LogP contribution in [0.1, 0.15) is 40.5 Å². The molecule has 0 radical (unpaired) electrons. The number of hydrogen-bond donors (Lipinski definition) is 2. The van der Waals surface area contributed by atoms with Crippen LogP contribution in [0.15, 0.2) is 29.2 Å². The topological polar surface area (TPSA) is 24.1 Å². The molecule has 0 atom stereocenters. The first-order valence-corrected chi connectivity index (χ1v) is 8.33. The van der Waals surface area contributed by atoms with Gasteiger partial charge in [-0.3, -0.25) is 0 Å². The van der Waals surface area contributed by atoms with Gasteiger partial charge in [0.2, 0.25) is 0 Å². The van der Waals surface area contributed by atoms with Gasteiger partial charge in [0.15, 0.2) is 0 Å². The van der Waals surface area contributed by atoms with E-state index in [-0.39, 0.29) is 5.54 Å². The van der Waals surface area contributed by atoms with E-state index in [1.54, 1.807) is 11.8 Å². The largest absolute Gasteiger partial charge is 0.366 e. The zero-order chi connectivity index (χ0) is 15.2. The number of thiocarbonyl (C=S) groups is 2. The Morgan fingerprint density at radius 1 is 1.25 bits per heavy atom. The van der Waals surface area contributed by atoms with Crippen molar-refractivity contribution in [1.82, 2.24) is 5.32 Å². The third-order valence-electron chi connectivity index (χ3n) is 2.28. The van der Waals surface area contributed by atoms with Gasteiger partial charge in [-0.05, 0) is 51.8 Å². The van der Waals surface area contributed by atoms with Crippen molar-refractivity contribution in [2.45, 2.75) is 51.0 Å². The molecule has 0 aliphatic heterocycles. The summed E-state index contributed by atoms with van der Waals surface area (Å²) in [7, 11) is 0. The summed E-state index contributed by atoms with van der Waals surface area (Å²) in [4.78, 5) is 1.99. The van der Waals surface area contributed by atoms with E-state index >= 15 is 0 Å².